The van der Waals surface area contributed by atoms with E-state index in [9.17, 15) is 14.4 Å². The van der Waals surface area contributed by atoms with Crippen molar-refractivity contribution < 1.29 is 19.1 Å². The van der Waals surface area contributed by atoms with Gasteiger partial charge in [-0.15, -0.1) is 0 Å². The SMILES string of the molecule is Cc1c(Cl)cccc1NC(=O)CNC(=O)COC(=O)c1cc(Cl)c[nH]1. The van der Waals surface area contributed by atoms with Crippen LogP contribution in [0.1, 0.15) is 16.1 Å². The van der Waals surface area contributed by atoms with Crippen molar-refractivity contribution >= 4 is 46.7 Å². The Bertz CT molecular complexity index is 804. The first-order valence-corrected chi connectivity index (χ1v) is 7.95. The molecule has 7 nitrogen and oxygen atoms in total. The number of halogens is 2. The van der Waals surface area contributed by atoms with Crippen LogP contribution in [0, 0.1) is 6.92 Å². The first kappa shape index (κ1) is 18.8. The minimum absolute atomic E-state index is 0.131. The Morgan fingerprint density at radius 1 is 1.20 bits per heavy atom. The molecule has 1 aromatic heterocycles. The predicted octanol–water partition coefficient (Wildman–Crippen LogP) is 2.54. The molecule has 0 bridgehead atoms. The standard InChI is InChI=1S/C16H15Cl2N3O4/c1-9-11(18)3-2-4-12(9)21-14(22)7-20-15(23)8-25-16(24)13-5-10(17)6-19-13/h2-6,19H,7-8H2,1H3,(H,20,23)(H,21,22). The first-order chi connectivity index (χ1) is 11.9. The molecular weight excluding hydrogens is 369 g/mol. The van der Waals surface area contributed by atoms with Gasteiger partial charge in [-0.05, 0) is 30.7 Å². The summed E-state index contributed by atoms with van der Waals surface area (Å²) in [5.41, 5.74) is 1.41. The van der Waals surface area contributed by atoms with E-state index in [1.54, 1.807) is 25.1 Å². The Morgan fingerprint density at radius 2 is 1.96 bits per heavy atom. The zero-order valence-corrected chi connectivity index (χ0v) is 14.7. The Kier molecular flexibility index (Phi) is 6.44. The highest BCUT2D eigenvalue weighted by Gasteiger charge is 2.13. The smallest absolute Gasteiger partial charge is 0.355 e. The van der Waals surface area contributed by atoms with E-state index < -0.39 is 24.4 Å². The molecule has 132 valence electrons. The van der Waals surface area contributed by atoms with Crippen molar-refractivity contribution in [2.75, 3.05) is 18.5 Å². The largest absolute Gasteiger partial charge is 0.451 e. The van der Waals surface area contributed by atoms with Crippen LogP contribution in [0.25, 0.3) is 0 Å². The molecular formula is C16H15Cl2N3O4. The fraction of sp³-hybridized carbons (Fsp3) is 0.188. The van der Waals surface area contributed by atoms with Crippen molar-refractivity contribution in [3.05, 3.63) is 51.8 Å². The lowest BCUT2D eigenvalue weighted by Gasteiger charge is -2.10. The van der Waals surface area contributed by atoms with Crippen LogP contribution in [0.2, 0.25) is 10.0 Å². The number of benzene rings is 1. The lowest BCUT2D eigenvalue weighted by molar-refractivity contribution is -0.126. The average Bonchev–Trinajstić information content (AvgIpc) is 3.01. The maximum Gasteiger partial charge on any atom is 0.355 e. The molecule has 0 atom stereocenters. The Labute approximate surface area is 153 Å². The number of hydrogen-bond acceptors (Lipinski definition) is 4. The van der Waals surface area contributed by atoms with Gasteiger partial charge in [-0.2, -0.15) is 0 Å². The molecule has 25 heavy (non-hydrogen) atoms. The molecule has 9 heteroatoms. The summed E-state index contributed by atoms with van der Waals surface area (Å²) in [6.07, 6.45) is 1.42. The van der Waals surface area contributed by atoms with Crippen LogP contribution in [0.5, 0.6) is 0 Å². The number of amides is 2. The predicted molar refractivity (Wildman–Crippen MR) is 93.9 cm³/mol. The number of anilines is 1. The van der Waals surface area contributed by atoms with Crippen LogP contribution in [-0.2, 0) is 14.3 Å². The molecule has 0 spiro atoms. The Morgan fingerprint density at radius 3 is 2.64 bits per heavy atom. The third kappa shape index (κ3) is 5.51. The van der Waals surface area contributed by atoms with Gasteiger partial charge in [-0.3, -0.25) is 9.59 Å². The van der Waals surface area contributed by atoms with E-state index in [1.165, 1.54) is 12.3 Å². The van der Waals surface area contributed by atoms with Gasteiger partial charge in [0.15, 0.2) is 6.61 Å². The summed E-state index contributed by atoms with van der Waals surface area (Å²) in [6.45, 7) is 0.985. The molecule has 0 radical (unpaired) electrons. The molecule has 1 heterocycles. The molecule has 3 N–H and O–H groups in total. The molecule has 0 saturated carbocycles. The lowest BCUT2D eigenvalue weighted by Crippen LogP contribution is -2.35. The Balaban J connectivity index is 1.75. The summed E-state index contributed by atoms with van der Waals surface area (Å²) in [4.78, 5) is 37.7. The summed E-state index contributed by atoms with van der Waals surface area (Å²) < 4.78 is 4.80. The van der Waals surface area contributed by atoms with E-state index in [1.807, 2.05) is 0 Å². The molecule has 1 aromatic carbocycles. The lowest BCUT2D eigenvalue weighted by atomic mass is 10.2. The van der Waals surface area contributed by atoms with E-state index in [0.717, 1.165) is 5.56 Å². The average molecular weight is 384 g/mol. The summed E-state index contributed by atoms with van der Waals surface area (Å²) in [6, 6.07) is 6.49. The van der Waals surface area contributed by atoms with Crippen LogP contribution in [0.15, 0.2) is 30.5 Å². The minimum Gasteiger partial charge on any atom is -0.451 e. The second-order valence-electron chi connectivity index (χ2n) is 5.05. The summed E-state index contributed by atoms with van der Waals surface area (Å²) >= 11 is 11.6. The number of H-pyrrole nitrogens is 1. The number of nitrogens with one attached hydrogen (secondary N) is 3. The van der Waals surface area contributed by atoms with Crippen molar-refractivity contribution in [1.82, 2.24) is 10.3 Å². The van der Waals surface area contributed by atoms with Gasteiger partial charge in [-0.1, -0.05) is 29.3 Å². The topological polar surface area (TPSA) is 100 Å². The second-order valence-corrected chi connectivity index (χ2v) is 5.89. The van der Waals surface area contributed by atoms with Crippen LogP contribution in [0.3, 0.4) is 0 Å². The molecule has 2 rings (SSSR count). The number of carbonyl (C=O) groups is 3. The van der Waals surface area contributed by atoms with Crippen molar-refractivity contribution in [2.24, 2.45) is 0 Å². The first-order valence-electron chi connectivity index (χ1n) is 7.19. The van der Waals surface area contributed by atoms with E-state index in [4.69, 9.17) is 27.9 Å². The van der Waals surface area contributed by atoms with Crippen LogP contribution in [-0.4, -0.2) is 35.9 Å². The van der Waals surface area contributed by atoms with E-state index >= 15 is 0 Å². The van der Waals surface area contributed by atoms with Crippen LogP contribution >= 0.6 is 23.2 Å². The molecule has 0 aliphatic carbocycles. The molecule has 2 amide bonds. The number of carbonyl (C=O) groups excluding carboxylic acids is 3. The van der Waals surface area contributed by atoms with Gasteiger partial charge >= 0.3 is 5.97 Å². The number of hydrogen-bond donors (Lipinski definition) is 3. The third-order valence-corrected chi connectivity index (χ3v) is 3.82. The fourth-order valence-corrected chi connectivity index (χ4v) is 2.20. The molecule has 0 unspecified atom stereocenters. The van der Waals surface area contributed by atoms with Crippen molar-refractivity contribution in [1.29, 1.82) is 0 Å². The maximum absolute atomic E-state index is 11.8. The van der Waals surface area contributed by atoms with Gasteiger partial charge < -0.3 is 20.4 Å². The van der Waals surface area contributed by atoms with E-state index in [0.29, 0.717) is 15.7 Å². The zero-order chi connectivity index (χ0) is 18.4. The zero-order valence-electron chi connectivity index (χ0n) is 13.2. The fourth-order valence-electron chi connectivity index (χ4n) is 1.86. The summed E-state index contributed by atoms with van der Waals surface area (Å²) in [7, 11) is 0. The highest BCUT2D eigenvalue weighted by molar-refractivity contribution is 6.31. The van der Waals surface area contributed by atoms with Gasteiger partial charge in [0.2, 0.25) is 5.91 Å². The van der Waals surface area contributed by atoms with Gasteiger partial charge in [0, 0.05) is 16.9 Å². The number of esters is 1. The number of aromatic nitrogens is 1. The van der Waals surface area contributed by atoms with Crippen molar-refractivity contribution in [3.8, 4) is 0 Å². The third-order valence-electron chi connectivity index (χ3n) is 3.19. The number of ether oxygens (including phenoxy) is 1. The Hall–Kier alpha value is -2.51. The minimum atomic E-state index is -0.721. The van der Waals surface area contributed by atoms with E-state index in [2.05, 4.69) is 15.6 Å². The van der Waals surface area contributed by atoms with Gasteiger partial charge in [0.25, 0.3) is 5.91 Å². The molecule has 0 fully saturated rings. The second kappa shape index (κ2) is 8.55. The normalized spacial score (nSPS) is 10.2. The molecule has 2 aromatic rings. The van der Waals surface area contributed by atoms with Crippen LogP contribution in [0.4, 0.5) is 5.69 Å². The number of aromatic amines is 1. The summed E-state index contributed by atoms with van der Waals surface area (Å²) in [5.74, 6) is -1.76. The van der Waals surface area contributed by atoms with Crippen molar-refractivity contribution in [2.45, 2.75) is 6.92 Å². The molecule has 0 aliphatic rings. The number of rotatable bonds is 6. The van der Waals surface area contributed by atoms with Gasteiger partial charge in [0.05, 0.1) is 11.6 Å². The van der Waals surface area contributed by atoms with Gasteiger partial charge in [-0.25, -0.2) is 4.79 Å². The van der Waals surface area contributed by atoms with Gasteiger partial charge in [0.1, 0.15) is 5.69 Å². The van der Waals surface area contributed by atoms with Crippen molar-refractivity contribution in [3.63, 3.8) is 0 Å². The highest BCUT2D eigenvalue weighted by Crippen LogP contribution is 2.22. The molecule has 0 aliphatic heterocycles. The quantitative estimate of drug-likeness (QED) is 0.667. The van der Waals surface area contributed by atoms with E-state index in [-0.39, 0.29) is 12.2 Å². The summed E-state index contributed by atoms with van der Waals surface area (Å²) in [5, 5.41) is 5.86. The molecule has 0 saturated heterocycles. The van der Waals surface area contributed by atoms with Crippen LogP contribution < -0.4 is 10.6 Å². The maximum atomic E-state index is 11.8. The highest BCUT2D eigenvalue weighted by atomic mass is 35.5. The monoisotopic (exact) mass is 383 g/mol.